The average Bonchev–Trinajstić information content (AvgIpc) is 2.53. The van der Waals surface area contributed by atoms with Crippen molar-refractivity contribution < 1.29 is 4.74 Å². The van der Waals surface area contributed by atoms with Crippen molar-refractivity contribution in [2.24, 2.45) is 5.92 Å². The number of aromatic nitrogens is 1. The van der Waals surface area contributed by atoms with E-state index in [0.29, 0.717) is 6.04 Å². The van der Waals surface area contributed by atoms with E-state index in [1.807, 2.05) is 12.3 Å². The second-order valence-electron chi connectivity index (χ2n) is 5.61. The standard InChI is InChI=1S/C17H22N2O/c1-13(14-7-10-20-11-8-14)19-12-16-5-2-4-15-6-3-9-18-17(15)16/h2-6,9,13-14,19H,7-8,10-12H2,1H3. The summed E-state index contributed by atoms with van der Waals surface area (Å²) in [6, 6.07) is 11.0. The maximum atomic E-state index is 5.43. The SMILES string of the molecule is CC(NCc1cccc2cccnc12)C1CCOCC1. The molecule has 1 aliphatic heterocycles. The van der Waals surface area contributed by atoms with Crippen LogP contribution in [-0.2, 0) is 11.3 Å². The normalized spacial score (nSPS) is 18.2. The van der Waals surface area contributed by atoms with Gasteiger partial charge in [0.2, 0.25) is 0 Å². The molecule has 0 amide bonds. The van der Waals surface area contributed by atoms with Crippen LogP contribution in [0.2, 0.25) is 0 Å². The predicted octanol–water partition coefficient (Wildman–Crippen LogP) is 3.14. The van der Waals surface area contributed by atoms with E-state index in [1.165, 1.54) is 23.8 Å². The Hall–Kier alpha value is -1.45. The van der Waals surface area contributed by atoms with Crippen LogP contribution in [0.25, 0.3) is 10.9 Å². The number of para-hydroxylation sites is 1. The van der Waals surface area contributed by atoms with Crippen molar-refractivity contribution in [2.75, 3.05) is 13.2 Å². The first-order chi connectivity index (χ1) is 9.84. The first-order valence-corrected chi connectivity index (χ1v) is 7.48. The maximum Gasteiger partial charge on any atom is 0.0746 e. The third-order valence-electron chi connectivity index (χ3n) is 4.30. The molecule has 0 bridgehead atoms. The van der Waals surface area contributed by atoms with Gasteiger partial charge in [-0.2, -0.15) is 0 Å². The fourth-order valence-electron chi connectivity index (χ4n) is 2.96. The van der Waals surface area contributed by atoms with E-state index < -0.39 is 0 Å². The highest BCUT2D eigenvalue weighted by atomic mass is 16.5. The third kappa shape index (κ3) is 3.00. The highest BCUT2D eigenvalue weighted by Crippen LogP contribution is 2.20. The summed E-state index contributed by atoms with van der Waals surface area (Å²) in [6.07, 6.45) is 4.21. The van der Waals surface area contributed by atoms with E-state index >= 15 is 0 Å². The molecule has 2 aromatic rings. The van der Waals surface area contributed by atoms with Crippen LogP contribution in [0.4, 0.5) is 0 Å². The van der Waals surface area contributed by atoms with Gasteiger partial charge in [-0.15, -0.1) is 0 Å². The van der Waals surface area contributed by atoms with E-state index in [1.54, 1.807) is 0 Å². The van der Waals surface area contributed by atoms with Crippen molar-refractivity contribution >= 4 is 10.9 Å². The van der Waals surface area contributed by atoms with E-state index in [-0.39, 0.29) is 0 Å². The van der Waals surface area contributed by atoms with Gasteiger partial charge in [-0.3, -0.25) is 4.98 Å². The molecule has 1 aromatic heterocycles. The molecule has 0 spiro atoms. The number of pyridine rings is 1. The molecule has 1 aliphatic rings. The van der Waals surface area contributed by atoms with Gasteiger partial charge < -0.3 is 10.1 Å². The number of nitrogens with zero attached hydrogens (tertiary/aromatic N) is 1. The number of nitrogens with one attached hydrogen (secondary N) is 1. The quantitative estimate of drug-likeness (QED) is 0.926. The monoisotopic (exact) mass is 270 g/mol. The molecule has 1 unspecified atom stereocenters. The van der Waals surface area contributed by atoms with E-state index in [9.17, 15) is 0 Å². The molecular weight excluding hydrogens is 248 g/mol. The molecule has 20 heavy (non-hydrogen) atoms. The van der Waals surface area contributed by atoms with Crippen LogP contribution in [0.15, 0.2) is 36.5 Å². The summed E-state index contributed by atoms with van der Waals surface area (Å²) in [4.78, 5) is 4.51. The molecule has 3 nitrogen and oxygen atoms in total. The van der Waals surface area contributed by atoms with Crippen molar-refractivity contribution in [1.82, 2.24) is 10.3 Å². The van der Waals surface area contributed by atoms with Crippen LogP contribution in [0.3, 0.4) is 0 Å². The van der Waals surface area contributed by atoms with Crippen LogP contribution in [0, 0.1) is 5.92 Å². The van der Waals surface area contributed by atoms with Crippen molar-refractivity contribution in [2.45, 2.75) is 32.4 Å². The van der Waals surface area contributed by atoms with Crippen molar-refractivity contribution in [3.05, 3.63) is 42.1 Å². The molecule has 3 heteroatoms. The minimum Gasteiger partial charge on any atom is -0.381 e. The Morgan fingerprint density at radius 2 is 2.05 bits per heavy atom. The van der Waals surface area contributed by atoms with Gasteiger partial charge in [-0.25, -0.2) is 0 Å². The Bertz CT molecular complexity index is 558. The van der Waals surface area contributed by atoms with Crippen molar-refractivity contribution in [3.8, 4) is 0 Å². The van der Waals surface area contributed by atoms with Crippen LogP contribution in [0.1, 0.15) is 25.3 Å². The highest BCUT2D eigenvalue weighted by molar-refractivity contribution is 5.81. The molecule has 2 heterocycles. The number of rotatable bonds is 4. The van der Waals surface area contributed by atoms with Gasteiger partial charge in [0, 0.05) is 37.4 Å². The summed E-state index contributed by atoms with van der Waals surface area (Å²) in [5.41, 5.74) is 2.39. The average molecular weight is 270 g/mol. The Morgan fingerprint density at radius 1 is 1.25 bits per heavy atom. The van der Waals surface area contributed by atoms with Gasteiger partial charge in [0.25, 0.3) is 0 Å². The summed E-state index contributed by atoms with van der Waals surface area (Å²) in [6.45, 7) is 4.99. The first-order valence-electron chi connectivity index (χ1n) is 7.48. The molecule has 1 aromatic carbocycles. The van der Waals surface area contributed by atoms with Crippen molar-refractivity contribution in [1.29, 1.82) is 0 Å². The lowest BCUT2D eigenvalue weighted by atomic mass is 9.93. The Labute approximate surface area is 120 Å². The van der Waals surface area contributed by atoms with Gasteiger partial charge in [-0.1, -0.05) is 24.3 Å². The summed E-state index contributed by atoms with van der Waals surface area (Å²) >= 11 is 0. The van der Waals surface area contributed by atoms with Crippen LogP contribution < -0.4 is 5.32 Å². The summed E-state index contributed by atoms with van der Waals surface area (Å²) < 4.78 is 5.43. The second kappa shape index (κ2) is 6.33. The zero-order valence-corrected chi connectivity index (χ0v) is 12.0. The fourth-order valence-corrected chi connectivity index (χ4v) is 2.96. The zero-order valence-electron chi connectivity index (χ0n) is 12.0. The van der Waals surface area contributed by atoms with E-state index in [4.69, 9.17) is 4.74 Å². The molecule has 0 radical (unpaired) electrons. The lowest BCUT2D eigenvalue weighted by Gasteiger charge is -2.28. The van der Waals surface area contributed by atoms with Crippen molar-refractivity contribution in [3.63, 3.8) is 0 Å². The smallest absolute Gasteiger partial charge is 0.0746 e. The molecule has 0 aliphatic carbocycles. The third-order valence-corrected chi connectivity index (χ3v) is 4.30. The van der Waals surface area contributed by atoms with Gasteiger partial charge in [0.1, 0.15) is 0 Å². The number of benzene rings is 1. The molecule has 3 rings (SSSR count). The summed E-state index contributed by atoms with van der Waals surface area (Å²) in [7, 11) is 0. The maximum absolute atomic E-state index is 5.43. The van der Waals surface area contributed by atoms with Crippen LogP contribution >= 0.6 is 0 Å². The lowest BCUT2D eigenvalue weighted by Crippen LogP contribution is -2.36. The topological polar surface area (TPSA) is 34.2 Å². The molecule has 1 saturated heterocycles. The Kier molecular flexibility index (Phi) is 4.28. The molecule has 0 saturated carbocycles. The Morgan fingerprint density at radius 3 is 2.90 bits per heavy atom. The van der Waals surface area contributed by atoms with Gasteiger partial charge in [0.15, 0.2) is 0 Å². The van der Waals surface area contributed by atoms with E-state index in [0.717, 1.165) is 31.2 Å². The Balaban J connectivity index is 1.67. The van der Waals surface area contributed by atoms with Gasteiger partial charge in [0.05, 0.1) is 5.52 Å². The first kappa shape index (κ1) is 13.5. The fraction of sp³-hybridized carbons (Fsp3) is 0.471. The lowest BCUT2D eigenvalue weighted by molar-refractivity contribution is 0.0558. The zero-order chi connectivity index (χ0) is 13.8. The molecular formula is C17H22N2O. The largest absolute Gasteiger partial charge is 0.381 e. The van der Waals surface area contributed by atoms with E-state index in [2.05, 4.69) is 41.5 Å². The highest BCUT2D eigenvalue weighted by Gasteiger charge is 2.20. The van der Waals surface area contributed by atoms with Gasteiger partial charge >= 0.3 is 0 Å². The minimum atomic E-state index is 0.526. The molecule has 1 fully saturated rings. The molecule has 106 valence electrons. The molecule has 1 atom stereocenters. The number of hydrogen-bond donors (Lipinski definition) is 1. The second-order valence-corrected chi connectivity index (χ2v) is 5.61. The minimum absolute atomic E-state index is 0.526. The number of hydrogen-bond acceptors (Lipinski definition) is 3. The van der Waals surface area contributed by atoms with Gasteiger partial charge in [-0.05, 0) is 37.3 Å². The van der Waals surface area contributed by atoms with Crippen LogP contribution in [-0.4, -0.2) is 24.2 Å². The number of ether oxygens (including phenoxy) is 1. The summed E-state index contributed by atoms with van der Waals surface area (Å²) in [5.74, 6) is 0.728. The summed E-state index contributed by atoms with van der Waals surface area (Å²) in [5, 5.41) is 4.88. The predicted molar refractivity (Wildman–Crippen MR) is 81.6 cm³/mol. The molecule has 1 N–H and O–H groups in total. The number of fused-ring (bicyclic) bond motifs is 1. The van der Waals surface area contributed by atoms with Crippen LogP contribution in [0.5, 0.6) is 0 Å².